The minimum Gasteiger partial charge on any atom is -0.478 e. The van der Waals surface area contributed by atoms with E-state index in [2.05, 4.69) is 48.7 Å². The molecule has 1 aliphatic carbocycles. The minimum atomic E-state index is -0.837. The zero-order chi connectivity index (χ0) is 20.4. The fourth-order valence-electron chi connectivity index (χ4n) is 4.95. The molecular formula is C26H31NO2. The number of aromatic nitrogens is 1. The van der Waals surface area contributed by atoms with Crippen LogP contribution in [0.15, 0.2) is 42.5 Å². The number of para-hydroxylation sites is 1. The molecule has 0 aliphatic heterocycles. The van der Waals surface area contributed by atoms with Crippen molar-refractivity contribution < 1.29 is 9.90 Å². The van der Waals surface area contributed by atoms with E-state index < -0.39 is 5.97 Å². The van der Waals surface area contributed by atoms with E-state index in [-0.39, 0.29) is 0 Å². The van der Waals surface area contributed by atoms with Gasteiger partial charge in [0.25, 0.3) is 0 Å². The first-order chi connectivity index (χ1) is 14.1. The van der Waals surface area contributed by atoms with Crippen LogP contribution in [-0.2, 0) is 19.4 Å². The summed E-state index contributed by atoms with van der Waals surface area (Å²) in [6, 6.07) is 14.4. The molecule has 1 aliphatic rings. The van der Waals surface area contributed by atoms with Crippen LogP contribution in [0.3, 0.4) is 0 Å². The van der Waals surface area contributed by atoms with E-state index in [0.29, 0.717) is 11.5 Å². The Balaban J connectivity index is 1.87. The Labute approximate surface area is 173 Å². The molecule has 3 nitrogen and oxygen atoms in total. The lowest BCUT2D eigenvalue weighted by Gasteiger charge is -2.18. The van der Waals surface area contributed by atoms with Gasteiger partial charge in [-0.05, 0) is 55.7 Å². The van der Waals surface area contributed by atoms with Crippen molar-refractivity contribution >= 4 is 16.9 Å². The van der Waals surface area contributed by atoms with Crippen LogP contribution in [0.1, 0.15) is 71.8 Å². The molecule has 0 spiro atoms. The highest BCUT2D eigenvalue weighted by Gasteiger charge is 2.26. The standard InChI is InChI=1S/C26H31NO2/c1-3-4-7-19-8-5-9-21-22-10-6-11-23(26(28)29)25(22)27(24(21)16-19)17-20-14-12-18(2)13-15-20/h6,10-15,19H,3-5,7-9,16-17H2,1-2H3,(H,28,29). The molecule has 1 unspecified atom stereocenters. The predicted molar refractivity (Wildman–Crippen MR) is 119 cm³/mol. The van der Waals surface area contributed by atoms with Crippen molar-refractivity contribution in [1.82, 2.24) is 4.57 Å². The average Bonchev–Trinajstić information content (AvgIpc) is 2.87. The third-order valence-corrected chi connectivity index (χ3v) is 6.48. The Bertz CT molecular complexity index is 1010. The highest BCUT2D eigenvalue weighted by atomic mass is 16.4. The molecule has 29 heavy (non-hydrogen) atoms. The highest BCUT2D eigenvalue weighted by molar-refractivity contribution is 6.04. The van der Waals surface area contributed by atoms with Gasteiger partial charge in [-0.2, -0.15) is 0 Å². The lowest BCUT2D eigenvalue weighted by atomic mass is 9.94. The number of hydrogen-bond acceptors (Lipinski definition) is 1. The summed E-state index contributed by atoms with van der Waals surface area (Å²) in [5, 5.41) is 11.0. The van der Waals surface area contributed by atoms with Gasteiger partial charge in [0, 0.05) is 17.6 Å². The van der Waals surface area contributed by atoms with Crippen molar-refractivity contribution in [2.75, 3.05) is 0 Å². The molecule has 2 aromatic carbocycles. The van der Waals surface area contributed by atoms with Gasteiger partial charge in [-0.3, -0.25) is 0 Å². The minimum absolute atomic E-state index is 0.424. The van der Waals surface area contributed by atoms with Crippen molar-refractivity contribution in [3.63, 3.8) is 0 Å². The van der Waals surface area contributed by atoms with Gasteiger partial charge in [0.05, 0.1) is 11.1 Å². The number of unbranched alkanes of at least 4 members (excludes halogenated alkanes) is 1. The van der Waals surface area contributed by atoms with Crippen molar-refractivity contribution in [2.24, 2.45) is 5.92 Å². The zero-order valence-corrected chi connectivity index (χ0v) is 17.6. The van der Waals surface area contributed by atoms with Crippen molar-refractivity contribution in [3.8, 4) is 0 Å². The second-order valence-corrected chi connectivity index (χ2v) is 8.61. The molecule has 1 aromatic heterocycles. The van der Waals surface area contributed by atoms with Gasteiger partial charge in [0.2, 0.25) is 0 Å². The second kappa shape index (κ2) is 8.44. The van der Waals surface area contributed by atoms with Crippen molar-refractivity contribution in [2.45, 2.75) is 65.3 Å². The van der Waals surface area contributed by atoms with Crippen molar-refractivity contribution in [1.29, 1.82) is 0 Å². The molecule has 0 radical (unpaired) electrons. The smallest absolute Gasteiger partial charge is 0.337 e. The number of benzene rings is 2. The van der Waals surface area contributed by atoms with E-state index in [0.717, 1.165) is 30.3 Å². The van der Waals surface area contributed by atoms with Crippen molar-refractivity contribution in [3.05, 3.63) is 70.4 Å². The number of nitrogens with zero attached hydrogens (tertiary/aromatic N) is 1. The summed E-state index contributed by atoms with van der Waals surface area (Å²) >= 11 is 0. The maximum absolute atomic E-state index is 12.0. The van der Waals surface area contributed by atoms with E-state index in [1.165, 1.54) is 54.5 Å². The Morgan fingerprint density at radius 2 is 1.97 bits per heavy atom. The zero-order valence-electron chi connectivity index (χ0n) is 17.6. The molecule has 1 atom stereocenters. The van der Waals surface area contributed by atoms with Gasteiger partial charge in [-0.15, -0.1) is 0 Å². The molecule has 0 amide bonds. The SMILES string of the molecule is CCCCC1CCCc2c(n(Cc3ccc(C)cc3)c3c(C(=O)O)cccc23)C1. The summed E-state index contributed by atoms with van der Waals surface area (Å²) in [6.07, 6.45) is 8.38. The fourth-order valence-corrected chi connectivity index (χ4v) is 4.95. The van der Waals surface area contributed by atoms with Crippen LogP contribution in [0, 0.1) is 12.8 Å². The van der Waals surface area contributed by atoms with Crippen LogP contribution in [-0.4, -0.2) is 15.6 Å². The van der Waals surface area contributed by atoms with Gasteiger partial charge in [-0.25, -0.2) is 4.79 Å². The van der Waals surface area contributed by atoms with E-state index in [1.807, 2.05) is 6.07 Å². The molecule has 0 bridgehead atoms. The first-order valence-electron chi connectivity index (χ1n) is 11.0. The summed E-state index contributed by atoms with van der Waals surface area (Å²) in [5.74, 6) is -0.137. The monoisotopic (exact) mass is 389 g/mol. The number of carboxylic acids is 1. The molecule has 3 heteroatoms. The summed E-state index contributed by atoms with van der Waals surface area (Å²) in [4.78, 5) is 12.0. The van der Waals surface area contributed by atoms with E-state index >= 15 is 0 Å². The molecule has 4 rings (SSSR count). The van der Waals surface area contributed by atoms with Crippen LogP contribution < -0.4 is 0 Å². The summed E-state index contributed by atoms with van der Waals surface area (Å²) < 4.78 is 2.32. The molecule has 0 saturated heterocycles. The number of fused-ring (bicyclic) bond motifs is 3. The van der Waals surface area contributed by atoms with Crippen LogP contribution >= 0.6 is 0 Å². The Kier molecular flexibility index (Phi) is 5.75. The van der Waals surface area contributed by atoms with Gasteiger partial charge in [0.1, 0.15) is 0 Å². The molecule has 1 N–H and O–H groups in total. The molecular weight excluding hydrogens is 358 g/mol. The Morgan fingerprint density at radius 1 is 1.17 bits per heavy atom. The third-order valence-electron chi connectivity index (χ3n) is 6.48. The Morgan fingerprint density at radius 3 is 2.69 bits per heavy atom. The van der Waals surface area contributed by atoms with Crippen LogP contribution in [0.25, 0.3) is 10.9 Å². The maximum atomic E-state index is 12.0. The van der Waals surface area contributed by atoms with Gasteiger partial charge in [0.15, 0.2) is 0 Å². The topological polar surface area (TPSA) is 42.2 Å². The summed E-state index contributed by atoms with van der Waals surface area (Å²) in [5.41, 5.74) is 6.55. The largest absolute Gasteiger partial charge is 0.478 e. The quantitative estimate of drug-likeness (QED) is 0.497. The molecule has 1 heterocycles. The number of aryl methyl sites for hydroxylation is 2. The predicted octanol–water partition coefficient (Wildman–Crippen LogP) is 6.38. The number of carboxylic acid groups (broad SMARTS) is 1. The molecule has 0 fully saturated rings. The molecule has 152 valence electrons. The fraction of sp³-hybridized carbons (Fsp3) is 0.423. The number of carbonyl (C=O) groups is 1. The third kappa shape index (κ3) is 3.96. The lowest BCUT2D eigenvalue weighted by molar-refractivity contribution is 0.0698. The van der Waals surface area contributed by atoms with Crippen LogP contribution in [0.5, 0.6) is 0 Å². The normalized spacial score (nSPS) is 16.6. The van der Waals surface area contributed by atoms with Gasteiger partial charge >= 0.3 is 5.97 Å². The molecule has 3 aromatic rings. The lowest BCUT2D eigenvalue weighted by Crippen LogP contribution is -2.12. The van der Waals surface area contributed by atoms with E-state index in [9.17, 15) is 9.90 Å². The summed E-state index contributed by atoms with van der Waals surface area (Å²) in [6.45, 7) is 5.09. The van der Waals surface area contributed by atoms with Gasteiger partial charge < -0.3 is 9.67 Å². The summed E-state index contributed by atoms with van der Waals surface area (Å²) in [7, 11) is 0. The second-order valence-electron chi connectivity index (χ2n) is 8.61. The number of rotatable bonds is 6. The number of aromatic carboxylic acids is 1. The Hall–Kier alpha value is -2.55. The van der Waals surface area contributed by atoms with E-state index in [1.54, 1.807) is 6.07 Å². The van der Waals surface area contributed by atoms with Crippen LogP contribution in [0.4, 0.5) is 0 Å². The average molecular weight is 390 g/mol. The van der Waals surface area contributed by atoms with E-state index in [4.69, 9.17) is 0 Å². The van der Waals surface area contributed by atoms with Crippen LogP contribution in [0.2, 0.25) is 0 Å². The maximum Gasteiger partial charge on any atom is 0.337 e. The highest BCUT2D eigenvalue weighted by Crippen LogP contribution is 2.36. The first kappa shape index (κ1) is 19.8. The first-order valence-corrected chi connectivity index (χ1v) is 11.0. The van der Waals surface area contributed by atoms with Gasteiger partial charge in [-0.1, -0.05) is 68.1 Å². The number of hydrogen-bond donors (Lipinski definition) is 1. The molecule has 0 saturated carbocycles.